The molecule has 1 nitrogen and oxygen atoms in total. The maximum atomic E-state index is 4.33. The Kier molecular flexibility index (Phi) is 5.05. The molecular weight excluding hydrogens is 190 g/mol. The van der Waals surface area contributed by atoms with E-state index in [2.05, 4.69) is 49.7 Å². The molecule has 0 saturated carbocycles. The zero-order valence-electron chi connectivity index (χ0n) is 9.03. The third kappa shape index (κ3) is 4.16. The second kappa shape index (κ2) is 6.10. The molecule has 0 amide bonds. The van der Waals surface area contributed by atoms with Gasteiger partial charge in [-0.25, -0.2) is 0 Å². The Morgan fingerprint density at radius 3 is 2.79 bits per heavy atom. The average Bonchev–Trinajstić information content (AvgIpc) is 2.15. The number of rotatable bonds is 5. The SMILES string of the molecule is CCCCN(C)Cc1cccc(S)c1. The molecule has 0 bridgehead atoms. The lowest BCUT2D eigenvalue weighted by atomic mass is 10.2. The Balaban J connectivity index is 2.43. The summed E-state index contributed by atoms with van der Waals surface area (Å²) in [5.74, 6) is 0. The highest BCUT2D eigenvalue weighted by Crippen LogP contribution is 2.10. The van der Waals surface area contributed by atoms with Crippen LogP contribution < -0.4 is 0 Å². The van der Waals surface area contributed by atoms with E-state index >= 15 is 0 Å². The topological polar surface area (TPSA) is 3.24 Å². The van der Waals surface area contributed by atoms with E-state index < -0.39 is 0 Å². The lowest BCUT2D eigenvalue weighted by molar-refractivity contribution is 0.320. The van der Waals surface area contributed by atoms with Crippen molar-refractivity contribution in [3.05, 3.63) is 29.8 Å². The maximum absolute atomic E-state index is 4.33. The summed E-state index contributed by atoms with van der Waals surface area (Å²) in [5.41, 5.74) is 1.34. The normalized spacial score (nSPS) is 10.9. The largest absolute Gasteiger partial charge is 0.302 e. The summed E-state index contributed by atoms with van der Waals surface area (Å²) < 4.78 is 0. The molecule has 0 aliphatic carbocycles. The fraction of sp³-hybridized carbons (Fsp3) is 0.500. The molecule has 1 rings (SSSR count). The molecule has 1 aromatic rings. The van der Waals surface area contributed by atoms with Gasteiger partial charge in [-0.1, -0.05) is 25.5 Å². The van der Waals surface area contributed by atoms with Crippen molar-refractivity contribution in [3.8, 4) is 0 Å². The summed E-state index contributed by atoms with van der Waals surface area (Å²) in [6.45, 7) is 4.42. The van der Waals surface area contributed by atoms with Gasteiger partial charge in [0.25, 0.3) is 0 Å². The van der Waals surface area contributed by atoms with Crippen LogP contribution in [-0.2, 0) is 6.54 Å². The van der Waals surface area contributed by atoms with Crippen molar-refractivity contribution in [1.29, 1.82) is 0 Å². The molecule has 0 radical (unpaired) electrons. The van der Waals surface area contributed by atoms with Crippen LogP contribution >= 0.6 is 12.6 Å². The van der Waals surface area contributed by atoms with E-state index in [-0.39, 0.29) is 0 Å². The van der Waals surface area contributed by atoms with Crippen LogP contribution in [0.1, 0.15) is 25.3 Å². The highest BCUT2D eigenvalue weighted by atomic mass is 32.1. The molecule has 0 unspecified atom stereocenters. The fourth-order valence-electron chi connectivity index (χ4n) is 1.47. The third-order valence-corrected chi connectivity index (χ3v) is 2.53. The van der Waals surface area contributed by atoms with E-state index in [1.807, 2.05) is 6.07 Å². The molecule has 0 saturated heterocycles. The van der Waals surface area contributed by atoms with Crippen molar-refractivity contribution in [2.75, 3.05) is 13.6 Å². The van der Waals surface area contributed by atoms with Gasteiger partial charge >= 0.3 is 0 Å². The Bertz CT molecular complexity index is 273. The van der Waals surface area contributed by atoms with E-state index in [1.165, 1.54) is 24.9 Å². The van der Waals surface area contributed by atoms with Crippen LogP contribution in [0.5, 0.6) is 0 Å². The Morgan fingerprint density at radius 1 is 1.36 bits per heavy atom. The van der Waals surface area contributed by atoms with Crippen molar-refractivity contribution in [3.63, 3.8) is 0 Å². The van der Waals surface area contributed by atoms with Gasteiger partial charge < -0.3 is 4.90 Å². The first-order valence-corrected chi connectivity index (χ1v) is 5.63. The van der Waals surface area contributed by atoms with Crippen LogP contribution in [0.15, 0.2) is 29.2 Å². The highest BCUT2D eigenvalue weighted by Gasteiger charge is 1.99. The summed E-state index contributed by atoms with van der Waals surface area (Å²) in [7, 11) is 2.17. The first-order valence-electron chi connectivity index (χ1n) is 5.19. The van der Waals surface area contributed by atoms with Crippen molar-refractivity contribution in [2.24, 2.45) is 0 Å². The molecule has 0 heterocycles. The predicted octanol–water partition coefficient (Wildman–Crippen LogP) is 3.21. The monoisotopic (exact) mass is 209 g/mol. The van der Waals surface area contributed by atoms with Crippen molar-refractivity contribution in [1.82, 2.24) is 4.90 Å². The van der Waals surface area contributed by atoms with Crippen molar-refractivity contribution < 1.29 is 0 Å². The predicted molar refractivity (Wildman–Crippen MR) is 64.9 cm³/mol. The van der Waals surface area contributed by atoms with E-state index in [0.29, 0.717) is 0 Å². The molecule has 0 aliphatic rings. The third-order valence-electron chi connectivity index (χ3n) is 2.26. The quantitative estimate of drug-likeness (QED) is 0.729. The van der Waals surface area contributed by atoms with Crippen LogP contribution in [0.4, 0.5) is 0 Å². The molecule has 0 atom stereocenters. The first kappa shape index (κ1) is 11.6. The second-order valence-corrected chi connectivity index (χ2v) is 4.28. The fourth-order valence-corrected chi connectivity index (χ4v) is 1.73. The zero-order valence-corrected chi connectivity index (χ0v) is 9.93. The number of hydrogen-bond acceptors (Lipinski definition) is 2. The minimum atomic E-state index is 1.02. The molecule has 1 aromatic carbocycles. The van der Waals surface area contributed by atoms with Gasteiger partial charge in [0.1, 0.15) is 0 Å². The number of benzene rings is 1. The molecule has 0 aromatic heterocycles. The number of unbranched alkanes of at least 4 members (excludes halogenated alkanes) is 1. The van der Waals surface area contributed by atoms with Crippen LogP contribution in [0.2, 0.25) is 0 Å². The molecule has 0 spiro atoms. The van der Waals surface area contributed by atoms with Crippen LogP contribution in [0.25, 0.3) is 0 Å². The van der Waals surface area contributed by atoms with E-state index in [4.69, 9.17) is 0 Å². The van der Waals surface area contributed by atoms with Crippen LogP contribution in [0.3, 0.4) is 0 Å². The molecule has 78 valence electrons. The standard InChI is InChI=1S/C12H19NS/c1-3-4-8-13(2)10-11-6-5-7-12(14)9-11/h5-7,9,14H,3-4,8,10H2,1-2H3. The Hall–Kier alpha value is -0.470. The number of nitrogens with zero attached hydrogens (tertiary/aromatic N) is 1. The Labute approximate surface area is 92.5 Å². The van der Waals surface area contributed by atoms with Gasteiger partial charge in [0.15, 0.2) is 0 Å². The van der Waals surface area contributed by atoms with Gasteiger partial charge in [0.05, 0.1) is 0 Å². The summed E-state index contributed by atoms with van der Waals surface area (Å²) in [5, 5.41) is 0. The summed E-state index contributed by atoms with van der Waals surface area (Å²) in [6, 6.07) is 8.36. The lowest BCUT2D eigenvalue weighted by Gasteiger charge is -2.16. The summed E-state index contributed by atoms with van der Waals surface area (Å²) in [4.78, 5) is 3.40. The molecule has 0 aliphatic heterocycles. The van der Waals surface area contributed by atoms with Crippen molar-refractivity contribution in [2.45, 2.75) is 31.2 Å². The van der Waals surface area contributed by atoms with Gasteiger partial charge in [-0.15, -0.1) is 12.6 Å². The molecule has 0 N–H and O–H groups in total. The lowest BCUT2D eigenvalue weighted by Crippen LogP contribution is -2.18. The smallest absolute Gasteiger partial charge is 0.0231 e. The van der Waals surface area contributed by atoms with Gasteiger partial charge in [0, 0.05) is 11.4 Å². The molecule has 2 heteroatoms. The van der Waals surface area contributed by atoms with Gasteiger partial charge in [-0.3, -0.25) is 0 Å². The highest BCUT2D eigenvalue weighted by molar-refractivity contribution is 7.80. The zero-order chi connectivity index (χ0) is 10.4. The minimum Gasteiger partial charge on any atom is -0.302 e. The summed E-state index contributed by atoms with van der Waals surface area (Å²) >= 11 is 4.33. The van der Waals surface area contributed by atoms with E-state index in [9.17, 15) is 0 Å². The molecular formula is C12H19NS. The second-order valence-electron chi connectivity index (χ2n) is 3.76. The van der Waals surface area contributed by atoms with Gasteiger partial charge in [0.2, 0.25) is 0 Å². The number of hydrogen-bond donors (Lipinski definition) is 1. The minimum absolute atomic E-state index is 1.02. The molecule has 0 fully saturated rings. The van der Waals surface area contributed by atoms with Crippen molar-refractivity contribution >= 4 is 12.6 Å². The number of thiol groups is 1. The van der Waals surface area contributed by atoms with Crippen LogP contribution in [0, 0.1) is 0 Å². The van der Waals surface area contributed by atoms with Gasteiger partial charge in [-0.05, 0) is 37.7 Å². The van der Waals surface area contributed by atoms with Gasteiger partial charge in [-0.2, -0.15) is 0 Å². The average molecular weight is 209 g/mol. The van der Waals surface area contributed by atoms with E-state index in [1.54, 1.807) is 0 Å². The van der Waals surface area contributed by atoms with E-state index in [0.717, 1.165) is 11.4 Å². The first-order chi connectivity index (χ1) is 6.72. The molecule has 14 heavy (non-hydrogen) atoms. The summed E-state index contributed by atoms with van der Waals surface area (Å²) in [6.07, 6.45) is 2.54. The maximum Gasteiger partial charge on any atom is 0.0231 e. The van der Waals surface area contributed by atoms with Crippen LogP contribution in [-0.4, -0.2) is 18.5 Å². The Morgan fingerprint density at radius 2 is 2.14 bits per heavy atom.